The molecule has 0 fully saturated rings. The van der Waals surface area contributed by atoms with Crippen molar-refractivity contribution in [1.82, 2.24) is 0 Å². The molecule has 0 aliphatic rings. The number of hydrogen-bond donors (Lipinski definition) is 0. The van der Waals surface area contributed by atoms with Crippen molar-refractivity contribution < 1.29 is 4.42 Å². The molecule has 49 heavy (non-hydrogen) atoms. The number of furan rings is 1. The standard InChI is InChI=1S/C46H29NOS/c1-2-10-30(11-3-1)31-20-23-34(24-21-31)47(36-25-26-39-38-15-5-7-19-43(38)49-44(39)29-36)35-14-8-13-33(28-35)37-17-9-12-32-22-27-42-46(45(32)37)40-16-4-6-18-41(40)48-42/h1-29H. The fraction of sp³-hybridized carbons (Fsp3) is 0. The van der Waals surface area contributed by atoms with Gasteiger partial charge in [-0.1, -0.05) is 121 Å². The van der Waals surface area contributed by atoms with E-state index in [2.05, 4.69) is 175 Å². The van der Waals surface area contributed by atoms with Crippen molar-refractivity contribution in [3.05, 3.63) is 176 Å². The van der Waals surface area contributed by atoms with E-state index in [0.717, 1.165) is 44.6 Å². The van der Waals surface area contributed by atoms with Crippen molar-refractivity contribution in [2.45, 2.75) is 0 Å². The number of thiophene rings is 1. The minimum Gasteiger partial charge on any atom is -0.456 e. The zero-order chi connectivity index (χ0) is 32.3. The number of fused-ring (bicyclic) bond motifs is 8. The number of nitrogens with zero attached hydrogens (tertiary/aromatic N) is 1. The molecule has 230 valence electrons. The fourth-order valence-electron chi connectivity index (χ4n) is 7.38. The van der Waals surface area contributed by atoms with Gasteiger partial charge in [0.1, 0.15) is 11.2 Å². The van der Waals surface area contributed by atoms with Gasteiger partial charge >= 0.3 is 0 Å². The first-order valence-electron chi connectivity index (χ1n) is 16.6. The third kappa shape index (κ3) is 4.62. The predicted octanol–water partition coefficient (Wildman–Crippen LogP) is 13.9. The van der Waals surface area contributed by atoms with Crippen molar-refractivity contribution >= 4 is 81.3 Å². The van der Waals surface area contributed by atoms with Crippen LogP contribution in [0.5, 0.6) is 0 Å². The molecular formula is C46H29NOS. The molecule has 0 aliphatic heterocycles. The quantitative estimate of drug-likeness (QED) is 0.186. The molecule has 2 heterocycles. The van der Waals surface area contributed by atoms with Gasteiger partial charge in [0.15, 0.2) is 0 Å². The number of anilines is 3. The Hall–Kier alpha value is -6.16. The molecule has 10 aromatic rings. The normalized spacial score (nSPS) is 11.7. The second-order valence-corrected chi connectivity index (χ2v) is 13.6. The molecule has 0 saturated heterocycles. The monoisotopic (exact) mass is 643 g/mol. The lowest BCUT2D eigenvalue weighted by Gasteiger charge is -2.26. The molecule has 0 N–H and O–H groups in total. The van der Waals surface area contributed by atoms with Gasteiger partial charge < -0.3 is 9.32 Å². The lowest BCUT2D eigenvalue weighted by atomic mass is 9.94. The van der Waals surface area contributed by atoms with E-state index in [0.29, 0.717) is 0 Å². The first kappa shape index (κ1) is 27.9. The van der Waals surface area contributed by atoms with Crippen LogP contribution in [-0.2, 0) is 0 Å². The van der Waals surface area contributed by atoms with Crippen molar-refractivity contribution in [2.24, 2.45) is 0 Å². The first-order valence-corrected chi connectivity index (χ1v) is 17.4. The Balaban J connectivity index is 1.17. The van der Waals surface area contributed by atoms with E-state index in [-0.39, 0.29) is 0 Å². The Morgan fingerprint density at radius 1 is 0.388 bits per heavy atom. The fourth-order valence-corrected chi connectivity index (χ4v) is 8.52. The van der Waals surface area contributed by atoms with Gasteiger partial charge in [-0.05, 0) is 82.2 Å². The van der Waals surface area contributed by atoms with E-state index in [9.17, 15) is 0 Å². The van der Waals surface area contributed by atoms with Crippen LogP contribution >= 0.6 is 11.3 Å². The van der Waals surface area contributed by atoms with Crippen LogP contribution in [0.4, 0.5) is 17.1 Å². The second-order valence-electron chi connectivity index (χ2n) is 12.5. The molecule has 10 rings (SSSR count). The molecule has 0 radical (unpaired) electrons. The van der Waals surface area contributed by atoms with Crippen LogP contribution in [-0.4, -0.2) is 0 Å². The second kappa shape index (κ2) is 11.2. The predicted molar refractivity (Wildman–Crippen MR) is 210 cm³/mol. The van der Waals surface area contributed by atoms with Crippen LogP contribution in [0.1, 0.15) is 0 Å². The summed E-state index contributed by atoms with van der Waals surface area (Å²) >= 11 is 1.85. The molecule has 0 bridgehead atoms. The van der Waals surface area contributed by atoms with E-state index in [1.54, 1.807) is 0 Å². The van der Waals surface area contributed by atoms with Gasteiger partial charge in [-0.3, -0.25) is 0 Å². The van der Waals surface area contributed by atoms with Crippen LogP contribution < -0.4 is 4.90 Å². The number of hydrogen-bond acceptors (Lipinski definition) is 3. The Kier molecular flexibility index (Phi) is 6.39. The molecule has 2 nitrogen and oxygen atoms in total. The third-order valence-electron chi connectivity index (χ3n) is 9.65. The highest BCUT2D eigenvalue weighted by molar-refractivity contribution is 7.25. The number of benzene rings is 8. The Bertz CT molecular complexity index is 2830. The van der Waals surface area contributed by atoms with Gasteiger partial charge in [-0.15, -0.1) is 11.3 Å². The summed E-state index contributed by atoms with van der Waals surface area (Å²) in [5.41, 5.74) is 9.93. The Morgan fingerprint density at radius 3 is 1.98 bits per heavy atom. The minimum absolute atomic E-state index is 0.911. The highest BCUT2D eigenvalue weighted by Crippen LogP contribution is 2.44. The molecule has 0 atom stereocenters. The summed E-state index contributed by atoms with van der Waals surface area (Å²) in [5.74, 6) is 0. The molecule has 8 aromatic carbocycles. The maximum absolute atomic E-state index is 6.32. The van der Waals surface area contributed by atoms with Crippen molar-refractivity contribution in [3.63, 3.8) is 0 Å². The summed E-state index contributed by atoms with van der Waals surface area (Å²) in [5, 5.41) is 7.33. The number of rotatable bonds is 5. The SMILES string of the molecule is c1ccc(-c2ccc(N(c3cccc(-c4cccc5ccc6oc7ccccc7c6c45)c3)c3ccc4c(c3)sc3ccccc34)cc2)cc1. The van der Waals surface area contributed by atoms with Crippen LogP contribution in [0.25, 0.3) is 75.1 Å². The molecule has 2 aromatic heterocycles. The molecule has 0 amide bonds. The topological polar surface area (TPSA) is 16.4 Å². The largest absolute Gasteiger partial charge is 0.456 e. The Labute approximate surface area is 287 Å². The van der Waals surface area contributed by atoms with Crippen molar-refractivity contribution in [2.75, 3.05) is 4.90 Å². The van der Waals surface area contributed by atoms with Crippen LogP contribution in [0.2, 0.25) is 0 Å². The maximum Gasteiger partial charge on any atom is 0.136 e. The lowest BCUT2D eigenvalue weighted by molar-refractivity contribution is 0.669. The molecular weight excluding hydrogens is 615 g/mol. The Morgan fingerprint density at radius 2 is 1.08 bits per heavy atom. The molecule has 0 spiro atoms. The summed E-state index contributed by atoms with van der Waals surface area (Å²) in [6.07, 6.45) is 0. The molecule has 0 saturated carbocycles. The van der Waals surface area contributed by atoms with E-state index < -0.39 is 0 Å². The average molecular weight is 644 g/mol. The average Bonchev–Trinajstić information content (AvgIpc) is 3.74. The van der Waals surface area contributed by atoms with Gasteiger partial charge in [-0.2, -0.15) is 0 Å². The molecule has 0 aliphatic carbocycles. The van der Waals surface area contributed by atoms with E-state index in [4.69, 9.17) is 4.42 Å². The summed E-state index contributed by atoms with van der Waals surface area (Å²) in [6.45, 7) is 0. The van der Waals surface area contributed by atoms with Crippen molar-refractivity contribution in [3.8, 4) is 22.3 Å². The highest BCUT2D eigenvalue weighted by Gasteiger charge is 2.18. The third-order valence-corrected chi connectivity index (χ3v) is 10.8. The lowest BCUT2D eigenvalue weighted by Crippen LogP contribution is -2.10. The van der Waals surface area contributed by atoms with Crippen LogP contribution in [0.3, 0.4) is 0 Å². The van der Waals surface area contributed by atoms with Gasteiger partial charge in [0.2, 0.25) is 0 Å². The van der Waals surface area contributed by atoms with Crippen molar-refractivity contribution in [1.29, 1.82) is 0 Å². The first-order chi connectivity index (χ1) is 24.3. The summed E-state index contributed by atoms with van der Waals surface area (Å²) < 4.78 is 8.91. The smallest absolute Gasteiger partial charge is 0.136 e. The van der Waals surface area contributed by atoms with E-state index >= 15 is 0 Å². The van der Waals surface area contributed by atoms with Crippen LogP contribution in [0, 0.1) is 0 Å². The number of para-hydroxylation sites is 1. The summed E-state index contributed by atoms with van der Waals surface area (Å²) in [6, 6.07) is 63.3. The van der Waals surface area contributed by atoms with Gasteiger partial charge in [0.25, 0.3) is 0 Å². The maximum atomic E-state index is 6.32. The zero-order valence-corrected chi connectivity index (χ0v) is 27.3. The van der Waals surface area contributed by atoms with Gasteiger partial charge in [0, 0.05) is 53.4 Å². The van der Waals surface area contributed by atoms with Gasteiger partial charge in [-0.25, -0.2) is 0 Å². The summed E-state index contributed by atoms with van der Waals surface area (Å²) in [7, 11) is 0. The molecule has 3 heteroatoms. The van der Waals surface area contributed by atoms with Crippen LogP contribution in [0.15, 0.2) is 180 Å². The van der Waals surface area contributed by atoms with E-state index in [1.807, 2.05) is 17.4 Å². The zero-order valence-electron chi connectivity index (χ0n) is 26.5. The minimum atomic E-state index is 0.911. The van der Waals surface area contributed by atoms with E-state index in [1.165, 1.54) is 47.6 Å². The molecule has 0 unspecified atom stereocenters. The summed E-state index contributed by atoms with van der Waals surface area (Å²) in [4.78, 5) is 2.38. The van der Waals surface area contributed by atoms with Gasteiger partial charge in [0.05, 0.1) is 0 Å². The highest BCUT2D eigenvalue weighted by atomic mass is 32.1.